The van der Waals surface area contributed by atoms with Gasteiger partial charge >= 0.3 is 5.97 Å². The summed E-state index contributed by atoms with van der Waals surface area (Å²) in [5.41, 5.74) is 9.62. The Morgan fingerprint density at radius 1 is 1.03 bits per heavy atom. The minimum atomic E-state index is -0.469. The van der Waals surface area contributed by atoms with Crippen molar-refractivity contribution >= 4 is 16.9 Å². The van der Waals surface area contributed by atoms with Crippen LogP contribution in [0.15, 0.2) is 60.8 Å². The maximum atomic E-state index is 15.3. The summed E-state index contributed by atoms with van der Waals surface area (Å²) in [7, 11) is 0. The lowest BCUT2D eigenvalue weighted by atomic mass is 9.96. The van der Waals surface area contributed by atoms with Crippen LogP contribution >= 0.6 is 0 Å². The van der Waals surface area contributed by atoms with Crippen LogP contribution in [0.2, 0.25) is 0 Å². The lowest BCUT2D eigenvalue weighted by Crippen LogP contribution is -2.09. The van der Waals surface area contributed by atoms with Crippen LogP contribution in [0.1, 0.15) is 43.5 Å². The number of ether oxygens (including phenoxy) is 2. The van der Waals surface area contributed by atoms with E-state index in [0.717, 1.165) is 22.0 Å². The second-order valence-electron chi connectivity index (χ2n) is 8.90. The van der Waals surface area contributed by atoms with Crippen LogP contribution in [0.25, 0.3) is 22.0 Å². The van der Waals surface area contributed by atoms with E-state index in [1.807, 2.05) is 24.4 Å². The predicted octanol–water partition coefficient (Wildman–Crippen LogP) is 6.31. The number of hydrogen-bond donors (Lipinski definition) is 1. The maximum Gasteiger partial charge on any atom is 0.310 e. The molecule has 0 unspecified atom stereocenters. The van der Waals surface area contributed by atoms with Gasteiger partial charge in [0.15, 0.2) is 0 Å². The molecule has 0 aliphatic carbocycles. The highest BCUT2D eigenvalue weighted by molar-refractivity contribution is 5.96. The van der Waals surface area contributed by atoms with Crippen LogP contribution in [-0.2, 0) is 29.1 Å². The van der Waals surface area contributed by atoms with Crippen LogP contribution in [0.5, 0.6) is 5.75 Å². The Labute approximate surface area is 209 Å². The van der Waals surface area contributed by atoms with E-state index in [0.29, 0.717) is 16.7 Å². The molecule has 1 heterocycles. The lowest BCUT2D eigenvalue weighted by Gasteiger charge is -2.16. The molecule has 0 aliphatic heterocycles. The Kier molecular flexibility index (Phi) is 7.70. The van der Waals surface area contributed by atoms with Gasteiger partial charge in [0, 0.05) is 52.4 Å². The molecular formula is C29H30F2N2O3. The van der Waals surface area contributed by atoms with Crippen molar-refractivity contribution in [2.24, 2.45) is 5.73 Å². The minimum Gasteiger partial charge on any atom is -0.488 e. The van der Waals surface area contributed by atoms with Crippen molar-refractivity contribution in [2.75, 3.05) is 6.61 Å². The summed E-state index contributed by atoms with van der Waals surface area (Å²) in [6.45, 7) is 6.34. The highest BCUT2D eigenvalue weighted by Gasteiger charge is 2.17. The van der Waals surface area contributed by atoms with Gasteiger partial charge in [-0.1, -0.05) is 24.3 Å². The van der Waals surface area contributed by atoms with Crippen molar-refractivity contribution in [2.45, 2.75) is 46.4 Å². The normalized spacial score (nSPS) is 11.3. The first-order chi connectivity index (χ1) is 17.3. The Morgan fingerprint density at radius 2 is 1.83 bits per heavy atom. The van der Waals surface area contributed by atoms with Gasteiger partial charge in [0.2, 0.25) is 0 Å². The Hall–Kier alpha value is -3.71. The van der Waals surface area contributed by atoms with Crippen molar-refractivity contribution < 1.29 is 23.0 Å². The fraction of sp³-hybridized carbons (Fsp3) is 0.276. The quantitative estimate of drug-likeness (QED) is 0.278. The van der Waals surface area contributed by atoms with Gasteiger partial charge < -0.3 is 19.8 Å². The number of esters is 1. The highest BCUT2D eigenvalue weighted by atomic mass is 19.1. The maximum absolute atomic E-state index is 15.3. The molecule has 0 fully saturated rings. The summed E-state index contributed by atoms with van der Waals surface area (Å²) in [6.07, 6.45) is 1.96. The molecule has 2 N–H and O–H groups in total. The zero-order valence-electron chi connectivity index (χ0n) is 20.7. The predicted molar refractivity (Wildman–Crippen MR) is 137 cm³/mol. The molecule has 0 aliphatic rings. The lowest BCUT2D eigenvalue weighted by molar-refractivity contribution is -0.142. The van der Waals surface area contributed by atoms with Crippen LogP contribution in [-0.4, -0.2) is 17.1 Å². The number of rotatable bonds is 9. The van der Waals surface area contributed by atoms with Gasteiger partial charge in [-0.15, -0.1) is 0 Å². The average molecular weight is 493 g/mol. The number of fused-ring (bicyclic) bond motifs is 1. The molecule has 4 aromatic rings. The molecule has 1 aromatic heterocycles. The number of carbonyl (C=O) groups is 1. The number of aromatic nitrogens is 1. The standard InChI is InChI=1S/C29H30F2N2O3/c1-4-35-28(34)14-20-8-9-22(30)15-27(20)36-17-19-12-25(24-7-5-6-21(16-32)29(24)31)23-10-11-33(18(2)3)26(23)13-19/h5-13,15,18H,4,14,16-17,32H2,1-3H3. The number of hydrogen-bond acceptors (Lipinski definition) is 4. The van der Waals surface area contributed by atoms with Crippen molar-refractivity contribution in [3.05, 3.63) is 89.1 Å². The molecule has 0 saturated carbocycles. The van der Waals surface area contributed by atoms with Crippen LogP contribution in [0.4, 0.5) is 8.78 Å². The van der Waals surface area contributed by atoms with Crippen molar-refractivity contribution in [1.29, 1.82) is 0 Å². The zero-order chi connectivity index (χ0) is 25.8. The van der Waals surface area contributed by atoms with E-state index in [-0.39, 0.29) is 43.8 Å². The fourth-order valence-corrected chi connectivity index (χ4v) is 4.36. The van der Waals surface area contributed by atoms with Crippen LogP contribution < -0.4 is 10.5 Å². The molecule has 3 aromatic carbocycles. The Bertz CT molecular complexity index is 1400. The molecule has 0 radical (unpaired) electrons. The van der Waals surface area contributed by atoms with E-state index in [4.69, 9.17) is 15.2 Å². The van der Waals surface area contributed by atoms with Gasteiger partial charge in [-0.2, -0.15) is 0 Å². The summed E-state index contributed by atoms with van der Waals surface area (Å²) in [5, 5.41) is 0.911. The SMILES string of the molecule is CCOC(=O)Cc1ccc(F)cc1OCc1cc(-c2cccc(CN)c2F)c2ccn(C(C)C)c2c1. The molecule has 36 heavy (non-hydrogen) atoms. The minimum absolute atomic E-state index is 0.0268. The second-order valence-corrected chi connectivity index (χ2v) is 8.90. The van der Waals surface area contributed by atoms with Gasteiger partial charge in [0.05, 0.1) is 13.0 Å². The number of halogens is 2. The molecule has 4 rings (SSSR count). The Morgan fingerprint density at radius 3 is 2.56 bits per heavy atom. The van der Waals surface area contributed by atoms with Gasteiger partial charge in [0.1, 0.15) is 24.0 Å². The van der Waals surface area contributed by atoms with Crippen molar-refractivity contribution in [3.63, 3.8) is 0 Å². The molecule has 5 nitrogen and oxygen atoms in total. The molecule has 0 spiro atoms. The molecule has 0 saturated heterocycles. The third-order valence-corrected chi connectivity index (χ3v) is 6.11. The zero-order valence-corrected chi connectivity index (χ0v) is 20.7. The van der Waals surface area contributed by atoms with E-state index < -0.39 is 11.8 Å². The summed E-state index contributed by atoms with van der Waals surface area (Å²) in [6, 6.07) is 15.3. The van der Waals surface area contributed by atoms with E-state index >= 15 is 4.39 Å². The monoisotopic (exact) mass is 492 g/mol. The topological polar surface area (TPSA) is 66.5 Å². The van der Waals surface area contributed by atoms with Crippen molar-refractivity contribution in [1.82, 2.24) is 4.57 Å². The second kappa shape index (κ2) is 10.9. The van der Waals surface area contributed by atoms with Gasteiger partial charge in [0.25, 0.3) is 0 Å². The molecule has 0 amide bonds. The first-order valence-electron chi connectivity index (χ1n) is 12.0. The van der Waals surface area contributed by atoms with Crippen LogP contribution in [0, 0.1) is 11.6 Å². The number of carbonyl (C=O) groups excluding carboxylic acids is 1. The summed E-state index contributed by atoms with van der Waals surface area (Å²) < 4.78 is 42.5. The highest BCUT2D eigenvalue weighted by Crippen LogP contribution is 2.35. The van der Waals surface area contributed by atoms with Gasteiger partial charge in [-0.25, -0.2) is 8.78 Å². The number of benzene rings is 3. The van der Waals surface area contributed by atoms with E-state index in [1.54, 1.807) is 25.1 Å². The molecule has 0 bridgehead atoms. The smallest absolute Gasteiger partial charge is 0.310 e. The fourth-order valence-electron chi connectivity index (χ4n) is 4.36. The molecule has 0 atom stereocenters. The average Bonchev–Trinajstić information content (AvgIpc) is 3.28. The number of nitrogens with two attached hydrogens (primary N) is 1. The third-order valence-electron chi connectivity index (χ3n) is 6.11. The summed E-state index contributed by atoms with van der Waals surface area (Å²) >= 11 is 0. The van der Waals surface area contributed by atoms with Crippen molar-refractivity contribution in [3.8, 4) is 16.9 Å². The van der Waals surface area contributed by atoms with E-state index in [2.05, 4.69) is 18.4 Å². The molecule has 188 valence electrons. The van der Waals surface area contributed by atoms with E-state index in [9.17, 15) is 9.18 Å². The molecule has 7 heteroatoms. The summed E-state index contributed by atoms with van der Waals surface area (Å²) in [5.74, 6) is -0.968. The largest absolute Gasteiger partial charge is 0.488 e. The van der Waals surface area contributed by atoms with Crippen LogP contribution in [0.3, 0.4) is 0 Å². The van der Waals surface area contributed by atoms with Gasteiger partial charge in [-0.3, -0.25) is 4.79 Å². The van der Waals surface area contributed by atoms with E-state index in [1.165, 1.54) is 18.2 Å². The number of nitrogens with zero attached hydrogens (tertiary/aromatic N) is 1. The Balaban J connectivity index is 1.75. The first kappa shape index (κ1) is 25.4. The first-order valence-corrected chi connectivity index (χ1v) is 12.0. The molecular weight excluding hydrogens is 462 g/mol. The third kappa shape index (κ3) is 5.26. The van der Waals surface area contributed by atoms with Gasteiger partial charge in [-0.05, 0) is 56.2 Å². The summed E-state index contributed by atoms with van der Waals surface area (Å²) in [4.78, 5) is 12.0.